The third-order valence-electron chi connectivity index (χ3n) is 7.20. The Morgan fingerprint density at radius 1 is 0.583 bits per heavy atom. The standard InChI is InChI=1S/C21H36O3/c1-4-10-17(11-5-1)20-22-16-23-21(24-20,18-12-6-2-7-13-18)19-14-8-3-9-15-19/h17-20H,1-16H2. The second-order valence-electron chi connectivity index (χ2n) is 8.70. The predicted octanol–water partition coefficient (Wildman–Crippen LogP) is 5.77. The Morgan fingerprint density at radius 2 is 1.08 bits per heavy atom. The molecule has 24 heavy (non-hydrogen) atoms. The quantitative estimate of drug-likeness (QED) is 0.654. The van der Waals surface area contributed by atoms with Crippen LogP contribution in [0.5, 0.6) is 0 Å². The number of rotatable bonds is 3. The molecule has 0 amide bonds. The van der Waals surface area contributed by atoms with E-state index in [1.54, 1.807) is 0 Å². The molecule has 0 bridgehead atoms. The van der Waals surface area contributed by atoms with Gasteiger partial charge in [0.2, 0.25) is 0 Å². The van der Waals surface area contributed by atoms with Crippen molar-refractivity contribution in [1.29, 1.82) is 0 Å². The molecule has 3 heteroatoms. The molecule has 1 atom stereocenters. The zero-order valence-electron chi connectivity index (χ0n) is 15.3. The molecule has 1 heterocycles. The van der Waals surface area contributed by atoms with E-state index in [-0.39, 0.29) is 12.1 Å². The number of hydrogen-bond donors (Lipinski definition) is 0. The van der Waals surface area contributed by atoms with Crippen molar-refractivity contribution >= 4 is 0 Å². The monoisotopic (exact) mass is 336 g/mol. The molecule has 0 radical (unpaired) electrons. The highest BCUT2D eigenvalue weighted by Gasteiger charge is 2.52. The first-order valence-corrected chi connectivity index (χ1v) is 10.8. The largest absolute Gasteiger partial charge is 0.326 e. The molecule has 1 unspecified atom stereocenters. The predicted molar refractivity (Wildman–Crippen MR) is 94.4 cm³/mol. The van der Waals surface area contributed by atoms with Crippen molar-refractivity contribution in [3.8, 4) is 0 Å². The maximum absolute atomic E-state index is 6.85. The fraction of sp³-hybridized carbons (Fsp3) is 1.00. The van der Waals surface area contributed by atoms with Crippen molar-refractivity contribution in [3.63, 3.8) is 0 Å². The first-order chi connectivity index (χ1) is 11.9. The summed E-state index contributed by atoms with van der Waals surface area (Å²) in [5.74, 6) is 1.43. The summed E-state index contributed by atoms with van der Waals surface area (Å²) in [7, 11) is 0. The summed E-state index contributed by atoms with van der Waals surface area (Å²) in [6.07, 6.45) is 19.9. The lowest BCUT2D eigenvalue weighted by Crippen LogP contribution is -2.58. The summed E-state index contributed by atoms with van der Waals surface area (Å²) < 4.78 is 19.3. The third-order valence-corrected chi connectivity index (χ3v) is 7.20. The lowest BCUT2D eigenvalue weighted by atomic mass is 9.72. The van der Waals surface area contributed by atoms with E-state index in [2.05, 4.69) is 0 Å². The number of ether oxygens (including phenoxy) is 3. The van der Waals surface area contributed by atoms with Gasteiger partial charge < -0.3 is 14.2 Å². The highest BCUT2D eigenvalue weighted by molar-refractivity contribution is 4.92. The van der Waals surface area contributed by atoms with Crippen molar-refractivity contribution in [2.45, 2.75) is 108 Å². The first kappa shape index (κ1) is 17.3. The molecule has 4 aliphatic rings. The lowest BCUT2D eigenvalue weighted by Gasteiger charge is -2.52. The zero-order valence-corrected chi connectivity index (χ0v) is 15.3. The maximum atomic E-state index is 6.85. The smallest absolute Gasteiger partial charge is 0.179 e. The van der Waals surface area contributed by atoms with Crippen LogP contribution in [0.3, 0.4) is 0 Å². The molecule has 3 saturated carbocycles. The van der Waals surface area contributed by atoms with Crippen molar-refractivity contribution in [2.75, 3.05) is 6.79 Å². The van der Waals surface area contributed by atoms with Crippen LogP contribution in [0.15, 0.2) is 0 Å². The van der Waals surface area contributed by atoms with Gasteiger partial charge in [-0.15, -0.1) is 0 Å². The van der Waals surface area contributed by atoms with E-state index in [4.69, 9.17) is 14.2 Å². The van der Waals surface area contributed by atoms with E-state index in [1.807, 2.05) is 0 Å². The topological polar surface area (TPSA) is 27.7 Å². The maximum Gasteiger partial charge on any atom is 0.179 e. The summed E-state index contributed by atoms with van der Waals surface area (Å²) in [6, 6.07) is 0. The Morgan fingerprint density at radius 3 is 1.62 bits per heavy atom. The van der Waals surface area contributed by atoms with Crippen LogP contribution < -0.4 is 0 Å². The summed E-state index contributed by atoms with van der Waals surface area (Å²) in [5, 5.41) is 0. The van der Waals surface area contributed by atoms with Crippen LogP contribution in [0.25, 0.3) is 0 Å². The van der Waals surface area contributed by atoms with Crippen LogP contribution in [0.1, 0.15) is 96.3 Å². The Bertz CT molecular complexity index is 361. The van der Waals surface area contributed by atoms with E-state index in [9.17, 15) is 0 Å². The normalized spacial score (nSPS) is 34.2. The molecule has 1 saturated heterocycles. The van der Waals surface area contributed by atoms with Gasteiger partial charge in [0, 0.05) is 17.8 Å². The van der Waals surface area contributed by atoms with Crippen LogP contribution in [0, 0.1) is 17.8 Å². The Hall–Kier alpha value is -0.120. The molecule has 0 aromatic rings. The van der Waals surface area contributed by atoms with E-state index in [1.165, 1.54) is 96.3 Å². The second kappa shape index (κ2) is 8.05. The molecule has 4 rings (SSSR count). The molecule has 0 aromatic carbocycles. The average molecular weight is 337 g/mol. The minimum atomic E-state index is -0.332. The van der Waals surface area contributed by atoms with Gasteiger partial charge in [0.15, 0.2) is 18.9 Å². The van der Waals surface area contributed by atoms with E-state index < -0.39 is 0 Å². The zero-order chi connectivity index (χ0) is 16.2. The molecule has 0 aromatic heterocycles. The molecular formula is C21H36O3. The second-order valence-corrected chi connectivity index (χ2v) is 8.70. The van der Waals surface area contributed by atoms with Crippen molar-refractivity contribution in [1.82, 2.24) is 0 Å². The van der Waals surface area contributed by atoms with E-state index in [0.717, 1.165) is 0 Å². The molecule has 0 spiro atoms. The minimum absolute atomic E-state index is 0.0112. The fourth-order valence-electron chi connectivity index (χ4n) is 5.85. The average Bonchev–Trinajstić information content (AvgIpc) is 2.70. The molecule has 138 valence electrons. The molecule has 4 fully saturated rings. The van der Waals surface area contributed by atoms with Crippen molar-refractivity contribution < 1.29 is 14.2 Å². The highest BCUT2D eigenvalue weighted by Crippen LogP contribution is 2.49. The Balaban J connectivity index is 1.53. The van der Waals surface area contributed by atoms with Crippen LogP contribution in [0.4, 0.5) is 0 Å². The molecule has 0 N–H and O–H groups in total. The van der Waals surface area contributed by atoms with Gasteiger partial charge in [0.25, 0.3) is 0 Å². The van der Waals surface area contributed by atoms with Gasteiger partial charge in [-0.25, -0.2) is 0 Å². The molecular weight excluding hydrogens is 300 g/mol. The minimum Gasteiger partial charge on any atom is -0.326 e. The lowest BCUT2D eigenvalue weighted by molar-refractivity contribution is -0.441. The van der Waals surface area contributed by atoms with Crippen LogP contribution in [-0.2, 0) is 14.2 Å². The summed E-state index contributed by atoms with van der Waals surface area (Å²) in [4.78, 5) is 0. The molecule has 3 aliphatic carbocycles. The van der Waals surface area contributed by atoms with Gasteiger partial charge in [-0.3, -0.25) is 0 Å². The van der Waals surface area contributed by atoms with Crippen LogP contribution >= 0.6 is 0 Å². The fourth-order valence-corrected chi connectivity index (χ4v) is 5.85. The Kier molecular flexibility index (Phi) is 5.81. The van der Waals surface area contributed by atoms with Crippen molar-refractivity contribution in [3.05, 3.63) is 0 Å². The summed E-state index contributed by atoms with van der Waals surface area (Å²) in [6.45, 7) is 0.453. The Labute approximate surface area is 147 Å². The summed E-state index contributed by atoms with van der Waals surface area (Å²) >= 11 is 0. The van der Waals surface area contributed by atoms with Gasteiger partial charge in [0.05, 0.1) is 0 Å². The van der Waals surface area contributed by atoms with Gasteiger partial charge >= 0.3 is 0 Å². The molecule has 3 nitrogen and oxygen atoms in total. The van der Waals surface area contributed by atoms with Crippen LogP contribution in [0.2, 0.25) is 0 Å². The van der Waals surface area contributed by atoms with Gasteiger partial charge in [0.1, 0.15) is 0 Å². The van der Waals surface area contributed by atoms with Crippen LogP contribution in [-0.4, -0.2) is 18.9 Å². The van der Waals surface area contributed by atoms with Gasteiger partial charge in [-0.05, 0) is 38.5 Å². The number of hydrogen-bond acceptors (Lipinski definition) is 3. The van der Waals surface area contributed by atoms with Crippen molar-refractivity contribution in [2.24, 2.45) is 17.8 Å². The van der Waals surface area contributed by atoms with Gasteiger partial charge in [-0.2, -0.15) is 0 Å². The SMILES string of the molecule is C1CCC(C2OCOC(C3CCCCC3)(C3CCCCC3)O2)CC1. The van der Waals surface area contributed by atoms with E-state index in [0.29, 0.717) is 24.5 Å². The molecule has 1 aliphatic heterocycles. The van der Waals surface area contributed by atoms with E-state index >= 15 is 0 Å². The third kappa shape index (κ3) is 3.54. The van der Waals surface area contributed by atoms with Gasteiger partial charge in [-0.1, -0.05) is 57.8 Å². The highest BCUT2D eigenvalue weighted by atomic mass is 16.9. The summed E-state index contributed by atoms with van der Waals surface area (Å²) in [5.41, 5.74) is 0. The first-order valence-electron chi connectivity index (χ1n) is 10.8.